The van der Waals surface area contributed by atoms with Crippen LogP contribution >= 0.6 is 27.7 Å². The maximum atomic E-state index is 13.3. The first kappa shape index (κ1) is 28.4. The molecule has 1 aliphatic rings. The van der Waals surface area contributed by atoms with Crippen LogP contribution in [0.3, 0.4) is 0 Å². The predicted molar refractivity (Wildman–Crippen MR) is 166 cm³/mol. The van der Waals surface area contributed by atoms with E-state index in [1.165, 1.54) is 4.90 Å². The summed E-state index contributed by atoms with van der Waals surface area (Å²) in [6.45, 7) is 4.16. The Morgan fingerprint density at radius 3 is 2.49 bits per heavy atom. The van der Waals surface area contributed by atoms with Crippen LogP contribution < -0.4 is 14.8 Å². The molecule has 1 saturated heterocycles. The van der Waals surface area contributed by atoms with Crippen molar-refractivity contribution in [2.45, 2.75) is 20.4 Å². The molecule has 0 saturated carbocycles. The van der Waals surface area contributed by atoms with Crippen LogP contribution in [0.2, 0.25) is 0 Å². The summed E-state index contributed by atoms with van der Waals surface area (Å²) < 4.78 is 12.2. The number of hydrogen-bond acceptors (Lipinski definition) is 6. The summed E-state index contributed by atoms with van der Waals surface area (Å²) in [7, 11) is 0. The quantitative estimate of drug-likeness (QED) is 0.192. The van der Waals surface area contributed by atoms with Crippen molar-refractivity contribution in [1.29, 1.82) is 0 Å². The lowest BCUT2D eigenvalue weighted by molar-refractivity contribution is -0.123. The van der Waals surface area contributed by atoms with E-state index >= 15 is 0 Å². The molecule has 4 aromatic carbocycles. The highest BCUT2D eigenvalue weighted by Crippen LogP contribution is 2.39. The number of hydrogen-bond donors (Lipinski definition) is 1. The van der Waals surface area contributed by atoms with Crippen LogP contribution in [-0.4, -0.2) is 35.2 Å². The van der Waals surface area contributed by atoms with E-state index in [1.54, 1.807) is 18.2 Å². The van der Waals surface area contributed by atoms with Crippen molar-refractivity contribution in [1.82, 2.24) is 4.90 Å². The number of rotatable bonds is 9. The number of carbonyl (C=O) groups excluding carboxylic acids is 3. The highest BCUT2D eigenvalue weighted by atomic mass is 79.9. The number of thioether (sulfide) groups is 1. The Labute approximate surface area is 250 Å². The van der Waals surface area contributed by atoms with Gasteiger partial charge in [0.05, 0.1) is 18.1 Å². The molecular formula is C32H27BrN2O5S. The van der Waals surface area contributed by atoms with Gasteiger partial charge in [0.1, 0.15) is 0 Å². The van der Waals surface area contributed by atoms with Crippen LogP contribution in [0, 0.1) is 6.92 Å². The highest BCUT2D eigenvalue weighted by molar-refractivity contribution is 9.10. The van der Waals surface area contributed by atoms with Gasteiger partial charge in [-0.3, -0.25) is 19.3 Å². The average molecular weight is 632 g/mol. The van der Waals surface area contributed by atoms with Crippen LogP contribution in [0.15, 0.2) is 88.2 Å². The molecule has 0 aromatic heterocycles. The molecule has 0 spiro atoms. The van der Waals surface area contributed by atoms with Gasteiger partial charge in [-0.2, -0.15) is 0 Å². The van der Waals surface area contributed by atoms with Gasteiger partial charge in [0.25, 0.3) is 17.1 Å². The number of benzene rings is 4. The number of carbonyl (C=O) groups is 3. The van der Waals surface area contributed by atoms with Crippen LogP contribution in [0.4, 0.5) is 10.5 Å². The molecule has 0 unspecified atom stereocenters. The van der Waals surface area contributed by atoms with Gasteiger partial charge >= 0.3 is 0 Å². The minimum Gasteiger partial charge on any atom is -0.490 e. The van der Waals surface area contributed by atoms with Gasteiger partial charge < -0.3 is 14.8 Å². The molecular weight excluding hydrogens is 604 g/mol. The first-order chi connectivity index (χ1) is 19.8. The van der Waals surface area contributed by atoms with Crippen molar-refractivity contribution in [3.8, 4) is 11.5 Å². The van der Waals surface area contributed by atoms with Gasteiger partial charge in [-0.1, -0.05) is 76.1 Å². The summed E-state index contributed by atoms with van der Waals surface area (Å²) in [6.07, 6.45) is 1.66. The van der Waals surface area contributed by atoms with E-state index in [9.17, 15) is 14.4 Å². The number of imide groups is 1. The second-order valence-corrected chi connectivity index (χ2v) is 11.2. The first-order valence-electron chi connectivity index (χ1n) is 13.0. The normalized spacial score (nSPS) is 14.1. The molecule has 0 aliphatic carbocycles. The molecule has 0 atom stereocenters. The van der Waals surface area contributed by atoms with E-state index in [1.807, 2.05) is 80.6 Å². The van der Waals surface area contributed by atoms with E-state index in [0.29, 0.717) is 38.7 Å². The summed E-state index contributed by atoms with van der Waals surface area (Å²) >= 11 is 4.44. The summed E-state index contributed by atoms with van der Waals surface area (Å²) in [5.41, 5.74) is 3.32. The topological polar surface area (TPSA) is 84.9 Å². The number of amides is 3. The van der Waals surface area contributed by atoms with Gasteiger partial charge in [0, 0.05) is 10.2 Å². The molecule has 9 heteroatoms. The molecule has 1 fully saturated rings. The minimum absolute atomic E-state index is 0.187. The lowest BCUT2D eigenvalue weighted by Crippen LogP contribution is -2.27. The first-order valence-corrected chi connectivity index (χ1v) is 14.6. The summed E-state index contributed by atoms with van der Waals surface area (Å²) in [5, 5.41) is 4.53. The molecule has 208 valence electrons. The fraction of sp³-hybridized carbons (Fsp3) is 0.156. The summed E-state index contributed by atoms with van der Waals surface area (Å²) in [5.74, 6) is 0.126. The molecule has 3 amide bonds. The van der Waals surface area contributed by atoms with Crippen LogP contribution in [0.25, 0.3) is 16.8 Å². The van der Waals surface area contributed by atoms with Crippen molar-refractivity contribution < 1.29 is 23.9 Å². The predicted octanol–water partition coefficient (Wildman–Crippen LogP) is 7.56. The maximum absolute atomic E-state index is 13.3. The van der Waals surface area contributed by atoms with Crippen LogP contribution in [-0.2, 0) is 16.1 Å². The van der Waals surface area contributed by atoms with Gasteiger partial charge in [-0.25, -0.2) is 0 Å². The second kappa shape index (κ2) is 12.6. The molecule has 1 N–H and O–H groups in total. The Morgan fingerprint density at radius 2 is 1.71 bits per heavy atom. The second-order valence-electron chi connectivity index (χ2n) is 9.36. The average Bonchev–Trinajstić information content (AvgIpc) is 3.22. The summed E-state index contributed by atoms with van der Waals surface area (Å²) in [6, 6.07) is 24.6. The smallest absolute Gasteiger partial charge is 0.293 e. The van der Waals surface area contributed by atoms with Crippen LogP contribution in [0.5, 0.6) is 11.5 Å². The maximum Gasteiger partial charge on any atom is 0.293 e. The van der Waals surface area contributed by atoms with E-state index in [2.05, 4.69) is 21.2 Å². The van der Waals surface area contributed by atoms with Gasteiger partial charge in [-0.15, -0.1) is 0 Å². The monoisotopic (exact) mass is 630 g/mol. The number of aryl methyl sites for hydroxylation is 1. The molecule has 1 aliphatic heterocycles. The van der Waals surface area contributed by atoms with Crippen molar-refractivity contribution >= 4 is 67.3 Å². The SMILES string of the molecule is CCOc1cc(/C=C2/SC(=O)N(Cc3cccc4ccccc34)C2=O)c(Br)cc1OCC(=O)Nc1ccc(C)cc1. The van der Waals surface area contributed by atoms with Gasteiger partial charge in [0.15, 0.2) is 18.1 Å². The van der Waals surface area contributed by atoms with E-state index < -0.39 is 0 Å². The third-order valence-electron chi connectivity index (χ3n) is 6.43. The number of fused-ring (bicyclic) bond motifs is 1. The number of anilines is 1. The minimum atomic E-state index is -0.356. The Bertz CT molecular complexity index is 1660. The van der Waals surface area contributed by atoms with E-state index in [-0.39, 0.29) is 30.2 Å². The molecule has 5 rings (SSSR count). The fourth-order valence-electron chi connectivity index (χ4n) is 4.40. The largest absolute Gasteiger partial charge is 0.490 e. The van der Waals surface area contributed by atoms with Gasteiger partial charge in [0.2, 0.25) is 0 Å². The Morgan fingerprint density at radius 1 is 0.976 bits per heavy atom. The van der Waals surface area contributed by atoms with Crippen molar-refractivity contribution in [3.63, 3.8) is 0 Å². The third-order valence-corrected chi connectivity index (χ3v) is 8.02. The molecule has 4 aromatic rings. The number of ether oxygens (including phenoxy) is 2. The van der Waals surface area contributed by atoms with Gasteiger partial charge in [-0.05, 0) is 77.9 Å². The fourth-order valence-corrected chi connectivity index (χ4v) is 5.66. The molecule has 41 heavy (non-hydrogen) atoms. The molecule has 1 heterocycles. The Kier molecular flexibility index (Phi) is 8.75. The highest BCUT2D eigenvalue weighted by Gasteiger charge is 2.35. The van der Waals surface area contributed by atoms with Crippen LogP contribution in [0.1, 0.15) is 23.6 Å². The third kappa shape index (κ3) is 6.64. The zero-order chi connectivity index (χ0) is 28.9. The molecule has 7 nitrogen and oxygen atoms in total. The zero-order valence-electron chi connectivity index (χ0n) is 22.5. The van der Waals surface area contributed by atoms with E-state index in [4.69, 9.17) is 9.47 Å². The zero-order valence-corrected chi connectivity index (χ0v) is 24.9. The van der Waals surface area contributed by atoms with Crippen molar-refractivity contribution in [2.24, 2.45) is 0 Å². The van der Waals surface area contributed by atoms with Crippen molar-refractivity contribution in [2.75, 3.05) is 18.5 Å². The summed E-state index contributed by atoms with van der Waals surface area (Å²) in [4.78, 5) is 40.2. The Balaban J connectivity index is 1.32. The molecule has 0 bridgehead atoms. The number of nitrogens with one attached hydrogen (secondary N) is 1. The standard InChI is InChI=1S/C32H27BrN2O5S/c1-3-39-27-15-23(26(33)17-28(27)40-19-30(36)34-24-13-11-20(2)12-14-24)16-29-31(37)35(32(38)41-29)18-22-9-6-8-21-7-4-5-10-25(21)22/h4-17H,3,18-19H2,1-2H3,(H,34,36)/b29-16+. The number of halogens is 1. The number of nitrogens with zero attached hydrogens (tertiary/aromatic N) is 1. The molecule has 0 radical (unpaired) electrons. The lowest BCUT2D eigenvalue weighted by Gasteiger charge is -2.15. The van der Waals surface area contributed by atoms with Crippen molar-refractivity contribution in [3.05, 3.63) is 105 Å². The lowest BCUT2D eigenvalue weighted by atomic mass is 10.0. The Hall–Kier alpha value is -4.08. The van der Waals surface area contributed by atoms with E-state index in [0.717, 1.165) is 33.7 Å².